The normalized spacial score (nSPS) is 21.2. The fraction of sp³-hybridized carbons (Fsp3) is 0.647. The van der Waals surface area contributed by atoms with Gasteiger partial charge in [-0.2, -0.15) is 0 Å². The third kappa shape index (κ3) is 4.70. The Labute approximate surface area is 128 Å². The number of ether oxygens (including phenoxy) is 2. The molecule has 1 aliphatic heterocycles. The van der Waals surface area contributed by atoms with Crippen LogP contribution in [0.25, 0.3) is 0 Å². The lowest BCUT2D eigenvalue weighted by Gasteiger charge is -2.34. The summed E-state index contributed by atoms with van der Waals surface area (Å²) in [6.45, 7) is 6.12. The van der Waals surface area contributed by atoms with Crippen LogP contribution in [0.3, 0.4) is 0 Å². The number of nitrogens with one attached hydrogen (secondary N) is 1. The van der Waals surface area contributed by atoms with Gasteiger partial charge < -0.3 is 14.8 Å². The highest BCUT2D eigenvalue weighted by atomic mass is 16.5. The van der Waals surface area contributed by atoms with Crippen molar-refractivity contribution in [3.05, 3.63) is 29.8 Å². The zero-order valence-corrected chi connectivity index (χ0v) is 13.5. The Morgan fingerprint density at radius 2 is 2.10 bits per heavy atom. The molecule has 1 aromatic carbocycles. The topological polar surface area (TPSA) is 33.7 Å². The van der Waals surface area contributed by atoms with Gasteiger partial charge in [0.15, 0.2) is 0 Å². The lowest BCUT2D eigenvalue weighted by Crippen LogP contribution is -2.43. The molecule has 2 unspecified atom stereocenters. The summed E-state index contributed by atoms with van der Waals surface area (Å²) >= 11 is 0. The molecule has 21 heavy (non-hydrogen) atoms. The molecular weight excluding hydrogens is 264 g/mol. The Morgan fingerprint density at radius 3 is 2.71 bits per heavy atom. The van der Waals surface area contributed by atoms with Crippen molar-refractivity contribution in [1.29, 1.82) is 0 Å². The van der Waals surface area contributed by atoms with E-state index < -0.39 is 0 Å². The van der Waals surface area contributed by atoms with Gasteiger partial charge in [-0.05, 0) is 51.1 Å². The lowest BCUT2D eigenvalue weighted by atomic mass is 10.0. The number of hydrogen-bond donors (Lipinski definition) is 1. The summed E-state index contributed by atoms with van der Waals surface area (Å²) in [4.78, 5) is 2.51. The van der Waals surface area contributed by atoms with Crippen molar-refractivity contribution >= 4 is 0 Å². The molecule has 0 saturated carbocycles. The maximum absolute atomic E-state index is 5.79. The maximum Gasteiger partial charge on any atom is 0.118 e. The molecule has 4 nitrogen and oxygen atoms in total. The van der Waals surface area contributed by atoms with E-state index in [2.05, 4.69) is 29.3 Å². The fourth-order valence-corrected chi connectivity index (χ4v) is 3.01. The van der Waals surface area contributed by atoms with Crippen LogP contribution >= 0.6 is 0 Å². The van der Waals surface area contributed by atoms with Crippen LogP contribution < -0.4 is 10.1 Å². The first-order valence-corrected chi connectivity index (χ1v) is 7.92. The monoisotopic (exact) mass is 292 g/mol. The average molecular weight is 292 g/mol. The van der Waals surface area contributed by atoms with Gasteiger partial charge >= 0.3 is 0 Å². The van der Waals surface area contributed by atoms with E-state index in [1.54, 1.807) is 7.11 Å². The van der Waals surface area contributed by atoms with Gasteiger partial charge in [0.2, 0.25) is 0 Å². The second kappa shape index (κ2) is 8.37. The van der Waals surface area contributed by atoms with Crippen molar-refractivity contribution < 1.29 is 9.47 Å². The molecule has 1 N–H and O–H groups in total. The lowest BCUT2D eigenvalue weighted by molar-refractivity contribution is 0.00368. The zero-order chi connectivity index (χ0) is 15.1. The summed E-state index contributed by atoms with van der Waals surface area (Å²) in [5, 5.41) is 3.43. The average Bonchev–Trinajstić information content (AvgIpc) is 2.53. The Bertz CT molecular complexity index is 406. The number of rotatable bonds is 7. The van der Waals surface area contributed by atoms with Crippen molar-refractivity contribution in [3.63, 3.8) is 0 Å². The van der Waals surface area contributed by atoms with Gasteiger partial charge in [0.25, 0.3) is 0 Å². The molecule has 0 bridgehead atoms. The van der Waals surface area contributed by atoms with Crippen LogP contribution in [0, 0.1) is 0 Å². The maximum atomic E-state index is 5.79. The third-order valence-corrected chi connectivity index (χ3v) is 4.17. The van der Waals surface area contributed by atoms with Crippen LogP contribution in [0.5, 0.6) is 5.75 Å². The highest BCUT2D eigenvalue weighted by Gasteiger charge is 2.22. The minimum absolute atomic E-state index is 0.344. The molecule has 1 saturated heterocycles. The molecule has 4 heteroatoms. The molecule has 0 spiro atoms. The van der Waals surface area contributed by atoms with Gasteiger partial charge in [0, 0.05) is 25.7 Å². The summed E-state index contributed by atoms with van der Waals surface area (Å²) in [5.41, 5.74) is 1.30. The van der Waals surface area contributed by atoms with Gasteiger partial charge in [-0.15, -0.1) is 0 Å². The van der Waals surface area contributed by atoms with Gasteiger partial charge in [-0.1, -0.05) is 12.1 Å². The summed E-state index contributed by atoms with van der Waals surface area (Å²) in [7, 11) is 3.73. The molecule has 2 atom stereocenters. The van der Waals surface area contributed by atoms with Crippen LogP contribution in [-0.4, -0.2) is 51.4 Å². The predicted octanol–water partition coefficient (Wildman–Crippen LogP) is 2.46. The second-order valence-electron chi connectivity index (χ2n) is 5.59. The highest BCUT2D eigenvalue weighted by molar-refractivity contribution is 5.29. The number of likely N-dealkylation sites (tertiary alicyclic amines) is 1. The molecule has 1 aliphatic rings. The van der Waals surface area contributed by atoms with E-state index in [4.69, 9.17) is 9.47 Å². The number of likely N-dealkylation sites (N-methyl/N-ethyl adjacent to an activating group) is 1. The molecule has 0 amide bonds. The van der Waals surface area contributed by atoms with Crippen molar-refractivity contribution in [1.82, 2.24) is 10.2 Å². The Balaban J connectivity index is 1.94. The number of benzene rings is 1. The molecule has 1 aromatic rings. The number of hydrogen-bond acceptors (Lipinski definition) is 4. The first kappa shape index (κ1) is 16.3. The van der Waals surface area contributed by atoms with Gasteiger partial charge in [0.05, 0.1) is 13.2 Å². The fourth-order valence-electron chi connectivity index (χ4n) is 3.01. The second-order valence-corrected chi connectivity index (χ2v) is 5.59. The van der Waals surface area contributed by atoms with Crippen LogP contribution in [0.1, 0.15) is 31.4 Å². The van der Waals surface area contributed by atoms with Crippen molar-refractivity contribution in [2.24, 2.45) is 0 Å². The smallest absolute Gasteiger partial charge is 0.118 e. The van der Waals surface area contributed by atoms with Crippen LogP contribution in [0.2, 0.25) is 0 Å². The largest absolute Gasteiger partial charge is 0.497 e. The SMILES string of the molecule is CCOC1CCCN(CC(NC)c2ccc(OC)cc2)C1. The molecular formula is C17H28N2O2. The van der Waals surface area contributed by atoms with Crippen LogP contribution in [0.4, 0.5) is 0 Å². The van der Waals surface area contributed by atoms with Crippen molar-refractivity contribution in [3.8, 4) is 5.75 Å². The number of piperidine rings is 1. The molecule has 1 heterocycles. The molecule has 2 rings (SSSR count). The van der Waals surface area contributed by atoms with Crippen LogP contribution in [0.15, 0.2) is 24.3 Å². The first-order valence-electron chi connectivity index (χ1n) is 7.92. The van der Waals surface area contributed by atoms with Crippen molar-refractivity contribution in [2.75, 3.05) is 40.4 Å². The molecule has 0 aromatic heterocycles. The van der Waals surface area contributed by atoms with E-state index in [0.717, 1.165) is 32.0 Å². The number of nitrogens with zero attached hydrogens (tertiary/aromatic N) is 1. The van der Waals surface area contributed by atoms with E-state index >= 15 is 0 Å². The zero-order valence-electron chi connectivity index (χ0n) is 13.5. The Hall–Kier alpha value is -1.10. The molecule has 0 aliphatic carbocycles. The van der Waals surface area contributed by atoms with E-state index in [9.17, 15) is 0 Å². The van der Waals surface area contributed by atoms with Gasteiger partial charge in [-0.25, -0.2) is 0 Å². The van der Waals surface area contributed by atoms with E-state index in [1.807, 2.05) is 19.2 Å². The minimum atomic E-state index is 0.344. The van der Waals surface area contributed by atoms with Gasteiger partial charge in [0.1, 0.15) is 5.75 Å². The molecule has 1 fully saturated rings. The first-order chi connectivity index (χ1) is 10.3. The van der Waals surface area contributed by atoms with Crippen LogP contribution in [-0.2, 0) is 4.74 Å². The summed E-state index contributed by atoms with van der Waals surface area (Å²) in [6, 6.07) is 8.68. The Kier molecular flexibility index (Phi) is 6.49. The summed E-state index contributed by atoms with van der Waals surface area (Å²) in [6.07, 6.45) is 2.82. The van der Waals surface area contributed by atoms with E-state index in [0.29, 0.717) is 12.1 Å². The standard InChI is InChI=1S/C17H28N2O2/c1-4-21-16-6-5-11-19(12-16)13-17(18-2)14-7-9-15(20-3)10-8-14/h7-10,16-18H,4-6,11-13H2,1-3H3. The predicted molar refractivity (Wildman–Crippen MR) is 85.9 cm³/mol. The van der Waals surface area contributed by atoms with Gasteiger partial charge in [-0.3, -0.25) is 4.90 Å². The van der Waals surface area contributed by atoms with Crippen molar-refractivity contribution in [2.45, 2.75) is 31.9 Å². The molecule has 0 radical (unpaired) electrons. The quantitative estimate of drug-likeness (QED) is 0.837. The third-order valence-electron chi connectivity index (χ3n) is 4.17. The van der Waals surface area contributed by atoms with E-state index in [1.165, 1.54) is 18.4 Å². The minimum Gasteiger partial charge on any atom is -0.497 e. The summed E-state index contributed by atoms with van der Waals surface area (Å²) < 4.78 is 11.0. The summed E-state index contributed by atoms with van der Waals surface area (Å²) in [5.74, 6) is 0.906. The Morgan fingerprint density at radius 1 is 1.33 bits per heavy atom. The highest BCUT2D eigenvalue weighted by Crippen LogP contribution is 2.21. The van der Waals surface area contributed by atoms with E-state index in [-0.39, 0.29) is 0 Å². The number of methoxy groups -OCH3 is 1. The molecule has 118 valence electrons.